The Balaban J connectivity index is 1.64. The van der Waals surface area contributed by atoms with Crippen molar-refractivity contribution in [2.45, 2.75) is 26.3 Å². The van der Waals surface area contributed by atoms with Crippen LogP contribution in [0.5, 0.6) is 0 Å². The molecule has 0 heterocycles. The zero-order valence-corrected chi connectivity index (χ0v) is 15.0. The van der Waals surface area contributed by atoms with Crippen LogP contribution in [-0.2, 0) is 16.1 Å². The topological polar surface area (TPSA) is 58.2 Å². The summed E-state index contributed by atoms with van der Waals surface area (Å²) in [5.74, 6) is -0.419. The van der Waals surface area contributed by atoms with E-state index in [2.05, 4.69) is 26.6 Å². The molecule has 0 aromatic heterocycles. The van der Waals surface area contributed by atoms with Gasteiger partial charge in [-0.2, -0.15) is 0 Å². The molecule has 1 aliphatic rings. The second kappa shape index (κ2) is 6.77. The van der Waals surface area contributed by atoms with E-state index in [1.54, 1.807) is 0 Å². The lowest BCUT2D eigenvalue weighted by molar-refractivity contribution is -0.134. The molecule has 1 saturated carbocycles. The first kappa shape index (κ1) is 16.7. The van der Waals surface area contributed by atoms with Crippen LogP contribution >= 0.6 is 15.9 Å². The van der Waals surface area contributed by atoms with Gasteiger partial charge >= 0.3 is 0 Å². The molecule has 2 aromatic carbocycles. The highest BCUT2D eigenvalue weighted by molar-refractivity contribution is 9.10. The smallest absolute Gasteiger partial charge is 0.240 e. The van der Waals surface area contributed by atoms with Gasteiger partial charge in [0.05, 0.1) is 0 Å². The number of benzene rings is 2. The molecular formula is C19H19BrN2O2. The van der Waals surface area contributed by atoms with Crippen molar-refractivity contribution < 1.29 is 9.59 Å². The lowest BCUT2D eigenvalue weighted by Crippen LogP contribution is -2.39. The van der Waals surface area contributed by atoms with Crippen LogP contribution in [-0.4, -0.2) is 11.8 Å². The number of carbonyl (C=O) groups excluding carboxylic acids is 2. The van der Waals surface area contributed by atoms with Crippen LogP contribution in [0.2, 0.25) is 0 Å². The van der Waals surface area contributed by atoms with E-state index in [0.717, 1.165) is 21.3 Å². The Morgan fingerprint density at radius 3 is 2.42 bits per heavy atom. The standard InChI is InChI=1S/C19H19BrN2O2/c1-13-11-15(20)7-8-16(13)22-18(24)19(9-10-19)17(23)21-12-14-5-3-2-4-6-14/h2-8,11H,9-10,12H2,1H3,(H,21,23)(H,22,24). The molecule has 0 bridgehead atoms. The van der Waals surface area contributed by atoms with Crippen molar-refractivity contribution in [1.82, 2.24) is 5.32 Å². The number of rotatable bonds is 5. The van der Waals surface area contributed by atoms with E-state index in [1.165, 1.54) is 0 Å². The van der Waals surface area contributed by atoms with E-state index in [-0.39, 0.29) is 11.8 Å². The van der Waals surface area contributed by atoms with Crippen molar-refractivity contribution in [3.8, 4) is 0 Å². The van der Waals surface area contributed by atoms with Gasteiger partial charge in [0, 0.05) is 16.7 Å². The Hall–Kier alpha value is -2.14. The van der Waals surface area contributed by atoms with Crippen LogP contribution in [0.25, 0.3) is 0 Å². The molecular weight excluding hydrogens is 368 g/mol. The molecule has 4 nitrogen and oxygen atoms in total. The summed E-state index contributed by atoms with van der Waals surface area (Å²) in [5, 5.41) is 5.78. The number of nitrogens with one attached hydrogen (secondary N) is 2. The first-order valence-electron chi connectivity index (χ1n) is 7.91. The van der Waals surface area contributed by atoms with E-state index in [0.29, 0.717) is 19.4 Å². The normalized spacial score (nSPS) is 14.8. The van der Waals surface area contributed by atoms with Crippen LogP contribution in [0.1, 0.15) is 24.0 Å². The third-order valence-electron chi connectivity index (χ3n) is 4.35. The van der Waals surface area contributed by atoms with E-state index >= 15 is 0 Å². The average molecular weight is 387 g/mol. The highest BCUT2D eigenvalue weighted by Crippen LogP contribution is 2.47. The van der Waals surface area contributed by atoms with Gasteiger partial charge in [0.15, 0.2) is 0 Å². The quantitative estimate of drug-likeness (QED) is 0.767. The van der Waals surface area contributed by atoms with Crippen molar-refractivity contribution in [1.29, 1.82) is 0 Å². The Morgan fingerprint density at radius 2 is 1.79 bits per heavy atom. The zero-order valence-electron chi connectivity index (χ0n) is 13.4. The van der Waals surface area contributed by atoms with Crippen LogP contribution in [0, 0.1) is 12.3 Å². The maximum atomic E-state index is 12.6. The van der Waals surface area contributed by atoms with Gasteiger partial charge in [-0.05, 0) is 49.1 Å². The monoisotopic (exact) mass is 386 g/mol. The predicted octanol–water partition coefficient (Wildman–Crippen LogP) is 3.79. The summed E-state index contributed by atoms with van der Waals surface area (Å²) >= 11 is 3.40. The number of hydrogen-bond acceptors (Lipinski definition) is 2. The number of carbonyl (C=O) groups is 2. The Morgan fingerprint density at radius 1 is 1.08 bits per heavy atom. The molecule has 2 aromatic rings. The summed E-state index contributed by atoms with van der Waals surface area (Å²) in [4.78, 5) is 25.1. The second-order valence-electron chi connectivity index (χ2n) is 6.16. The summed E-state index contributed by atoms with van der Waals surface area (Å²) in [6, 6.07) is 15.3. The van der Waals surface area contributed by atoms with Crippen molar-refractivity contribution in [3.05, 3.63) is 64.1 Å². The molecule has 0 atom stereocenters. The lowest BCUT2D eigenvalue weighted by Gasteiger charge is -2.16. The molecule has 2 N–H and O–H groups in total. The summed E-state index contributed by atoms with van der Waals surface area (Å²) in [5.41, 5.74) is 1.79. The number of aryl methyl sites for hydroxylation is 1. The van der Waals surface area contributed by atoms with Gasteiger partial charge in [0.1, 0.15) is 5.41 Å². The summed E-state index contributed by atoms with van der Waals surface area (Å²) in [6.07, 6.45) is 1.18. The zero-order chi connectivity index (χ0) is 17.2. The molecule has 1 fully saturated rings. The maximum Gasteiger partial charge on any atom is 0.240 e. The van der Waals surface area contributed by atoms with Gasteiger partial charge in [0.2, 0.25) is 11.8 Å². The largest absolute Gasteiger partial charge is 0.351 e. The number of anilines is 1. The van der Waals surface area contributed by atoms with E-state index in [1.807, 2.05) is 55.5 Å². The van der Waals surface area contributed by atoms with E-state index in [9.17, 15) is 9.59 Å². The van der Waals surface area contributed by atoms with Crippen LogP contribution in [0.15, 0.2) is 53.0 Å². The minimum absolute atomic E-state index is 0.196. The Labute approximate surface area is 149 Å². The fraction of sp³-hybridized carbons (Fsp3) is 0.263. The second-order valence-corrected chi connectivity index (χ2v) is 7.08. The molecule has 2 amide bonds. The summed E-state index contributed by atoms with van der Waals surface area (Å²) in [7, 11) is 0. The van der Waals surface area contributed by atoms with E-state index < -0.39 is 5.41 Å². The van der Waals surface area contributed by atoms with Gasteiger partial charge in [-0.15, -0.1) is 0 Å². The molecule has 0 radical (unpaired) electrons. The number of halogens is 1. The highest BCUT2D eigenvalue weighted by Gasteiger charge is 2.56. The SMILES string of the molecule is Cc1cc(Br)ccc1NC(=O)C1(C(=O)NCc2ccccc2)CC1. The van der Waals surface area contributed by atoms with Gasteiger partial charge < -0.3 is 10.6 Å². The summed E-state index contributed by atoms with van der Waals surface area (Å²) < 4.78 is 0.958. The molecule has 0 spiro atoms. The van der Waals surface area contributed by atoms with Gasteiger partial charge in [0.25, 0.3) is 0 Å². The molecule has 0 unspecified atom stereocenters. The fourth-order valence-corrected chi connectivity index (χ4v) is 3.11. The lowest BCUT2D eigenvalue weighted by atomic mass is 10.0. The van der Waals surface area contributed by atoms with Gasteiger partial charge in [-0.1, -0.05) is 46.3 Å². The minimum Gasteiger partial charge on any atom is -0.351 e. The minimum atomic E-state index is -0.922. The molecule has 124 valence electrons. The van der Waals surface area contributed by atoms with Crippen molar-refractivity contribution in [2.75, 3.05) is 5.32 Å². The molecule has 3 rings (SSSR count). The van der Waals surface area contributed by atoms with Crippen molar-refractivity contribution >= 4 is 33.4 Å². The Kier molecular flexibility index (Phi) is 4.71. The van der Waals surface area contributed by atoms with Crippen molar-refractivity contribution in [2.24, 2.45) is 5.41 Å². The maximum absolute atomic E-state index is 12.6. The third-order valence-corrected chi connectivity index (χ3v) is 4.85. The first-order valence-corrected chi connectivity index (χ1v) is 8.70. The van der Waals surface area contributed by atoms with Crippen LogP contribution in [0.3, 0.4) is 0 Å². The average Bonchev–Trinajstić information content (AvgIpc) is 3.38. The van der Waals surface area contributed by atoms with Crippen molar-refractivity contribution in [3.63, 3.8) is 0 Å². The molecule has 24 heavy (non-hydrogen) atoms. The molecule has 5 heteroatoms. The van der Waals surface area contributed by atoms with Gasteiger partial charge in [-0.3, -0.25) is 9.59 Å². The van der Waals surface area contributed by atoms with Crippen LogP contribution in [0.4, 0.5) is 5.69 Å². The van der Waals surface area contributed by atoms with Gasteiger partial charge in [-0.25, -0.2) is 0 Å². The highest BCUT2D eigenvalue weighted by atomic mass is 79.9. The predicted molar refractivity (Wildman–Crippen MR) is 97.5 cm³/mol. The number of amides is 2. The molecule has 1 aliphatic carbocycles. The Bertz CT molecular complexity index is 770. The molecule has 0 saturated heterocycles. The number of hydrogen-bond donors (Lipinski definition) is 2. The van der Waals surface area contributed by atoms with E-state index in [4.69, 9.17) is 0 Å². The fourth-order valence-electron chi connectivity index (χ4n) is 2.64. The third kappa shape index (κ3) is 3.51. The first-order chi connectivity index (χ1) is 11.5. The van der Waals surface area contributed by atoms with Crippen LogP contribution < -0.4 is 10.6 Å². The summed E-state index contributed by atoms with van der Waals surface area (Å²) in [6.45, 7) is 2.36. The molecule has 0 aliphatic heterocycles.